The molecule has 0 fully saturated rings. The van der Waals surface area contributed by atoms with Crippen LogP contribution in [-0.2, 0) is 17.8 Å². The van der Waals surface area contributed by atoms with Crippen LogP contribution >= 0.6 is 0 Å². The van der Waals surface area contributed by atoms with E-state index in [0.717, 1.165) is 17.5 Å². The molecule has 0 aromatic heterocycles. The summed E-state index contributed by atoms with van der Waals surface area (Å²) in [6.07, 6.45) is 0.988. The zero-order valence-corrected chi connectivity index (χ0v) is 16.8. The number of fused-ring (bicyclic) bond motifs is 1. The predicted octanol–water partition coefficient (Wildman–Crippen LogP) is 3.42. The lowest BCUT2D eigenvalue weighted by molar-refractivity contribution is -0.129. The van der Waals surface area contributed by atoms with Crippen LogP contribution in [0.25, 0.3) is 0 Å². The van der Waals surface area contributed by atoms with E-state index in [1.54, 1.807) is 19.1 Å². The summed E-state index contributed by atoms with van der Waals surface area (Å²) in [7, 11) is 5.10. The van der Waals surface area contributed by atoms with Gasteiger partial charge >= 0.3 is 0 Å². The summed E-state index contributed by atoms with van der Waals surface area (Å²) in [6.45, 7) is 5.12. The van der Waals surface area contributed by atoms with Gasteiger partial charge in [0.05, 0.1) is 20.8 Å². The van der Waals surface area contributed by atoms with E-state index in [1.807, 2.05) is 32.2 Å². The maximum atomic E-state index is 12.9. The van der Waals surface area contributed by atoms with Crippen molar-refractivity contribution >= 4 is 11.6 Å². The maximum absolute atomic E-state index is 12.9. The van der Waals surface area contributed by atoms with Gasteiger partial charge in [0.2, 0.25) is 5.91 Å². The second-order valence-corrected chi connectivity index (χ2v) is 7.19. The van der Waals surface area contributed by atoms with Crippen LogP contribution in [0.15, 0.2) is 36.4 Å². The first kappa shape index (κ1) is 19.1. The van der Waals surface area contributed by atoms with E-state index in [9.17, 15) is 4.79 Å². The summed E-state index contributed by atoms with van der Waals surface area (Å²) < 4.78 is 10.7. The monoisotopic (exact) mass is 368 g/mol. The van der Waals surface area contributed by atoms with Gasteiger partial charge in [-0.05, 0) is 55.2 Å². The van der Waals surface area contributed by atoms with Gasteiger partial charge in [-0.2, -0.15) is 0 Å². The third-order valence-corrected chi connectivity index (χ3v) is 5.33. The number of hydrogen-bond donors (Lipinski definition) is 0. The van der Waals surface area contributed by atoms with Crippen LogP contribution in [0.3, 0.4) is 0 Å². The van der Waals surface area contributed by atoms with Crippen molar-refractivity contribution in [3.05, 3.63) is 53.1 Å². The third-order valence-electron chi connectivity index (χ3n) is 5.33. The van der Waals surface area contributed by atoms with Gasteiger partial charge in [0.15, 0.2) is 11.5 Å². The van der Waals surface area contributed by atoms with Crippen LogP contribution in [0.5, 0.6) is 11.5 Å². The molecule has 0 radical (unpaired) electrons. The SMILES string of the molecule is COc1cc(C)c(CN(C)C(=O)CN2c3ccccc3C[C@H]2C)cc1OC. The summed E-state index contributed by atoms with van der Waals surface area (Å²) in [4.78, 5) is 16.9. The molecule has 1 heterocycles. The van der Waals surface area contributed by atoms with E-state index in [2.05, 4.69) is 30.0 Å². The average molecular weight is 368 g/mol. The molecule has 27 heavy (non-hydrogen) atoms. The molecule has 1 aliphatic rings. The largest absolute Gasteiger partial charge is 0.493 e. The van der Waals surface area contributed by atoms with Crippen molar-refractivity contribution in [2.75, 3.05) is 32.7 Å². The number of methoxy groups -OCH3 is 2. The van der Waals surface area contributed by atoms with Crippen molar-refractivity contribution in [1.82, 2.24) is 4.90 Å². The van der Waals surface area contributed by atoms with E-state index < -0.39 is 0 Å². The summed E-state index contributed by atoms with van der Waals surface area (Å²) in [5, 5.41) is 0. The summed E-state index contributed by atoms with van der Waals surface area (Å²) >= 11 is 0. The molecule has 0 bridgehead atoms. The molecule has 0 unspecified atom stereocenters. The number of rotatable bonds is 6. The van der Waals surface area contributed by atoms with E-state index in [4.69, 9.17) is 9.47 Å². The standard InChI is InChI=1S/C22H28N2O3/c1-15-10-20(26-4)21(27-5)12-18(15)13-23(3)22(25)14-24-16(2)11-17-8-6-7-9-19(17)24/h6-10,12,16H,11,13-14H2,1-5H3/t16-/m1/s1. The molecule has 2 aromatic carbocycles. The smallest absolute Gasteiger partial charge is 0.242 e. The minimum atomic E-state index is 0.104. The van der Waals surface area contributed by atoms with Gasteiger partial charge in [-0.25, -0.2) is 0 Å². The molecule has 0 N–H and O–H groups in total. The number of benzene rings is 2. The summed E-state index contributed by atoms with van der Waals surface area (Å²) in [5.41, 5.74) is 4.62. The van der Waals surface area contributed by atoms with Crippen LogP contribution in [0.2, 0.25) is 0 Å². The van der Waals surface area contributed by atoms with Gasteiger partial charge < -0.3 is 19.3 Å². The Hall–Kier alpha value is -2.69. The van der Waals surface area contributed by atoms with Crippen molar-refractivity contribution in [1.29, 1.82) is 0 Å². The van der Waals surface area contributed by atoms with Gasteiger partial charge in [-0.3, -0.25) is 4.79 Å². The van der Waals surface area contributed by atoms with Crippen molar-refractivity contribution in [3.63, 3.8) is 0 Å². The Bertz CT molecular complexity index is 834. The van der Waals surface area contributed by atoms with Gasteiger partial charge in [-0.15, -0.1) is 0 Å². The summed E-state index contributed by atoms with van der Waals surface area (Å²) in [6, 6.07) is 12.6. The fraction of sp³-hybridized carbons (Fsp3) is 0.409. The number of amides is 1. The number of carbonyl (C=O) groups excluding carboxylic acids is 1. The van der Waals surface area contributed by atoms with E-state index in [0.29, 0.717) is 30.6 Å². The number of para-hydroxylation sites is 1. The molecule has 2 aromatic rings. The second-order valence-electron chi connectivity index (χ2n) is 7.19. The highest BCUT2D eigenvalue weighted by Gasteiger charge is 2.28. The van der Waals surface area contributed by atoms with Crippen molar-refractivity contribution in [2.24, 2.45) is 0 Å². The number of carbonyl (C=O) groups is 1. The number of anilines is 1. The quantitative estimate of drug-likeness (QED) is 0.783. The fourth-order valence-electron chi connectivity index (χ4n) is 3.67. The first-order valence-corrected chi connectivity index (χ1v) is 9.24. The van der Waals surface area contributed by atoms with E-state index in [-0.39, 0.29) is 5.91 Å². The molecule has 0 aliphatic carbocycles. The number of nitrogens with zero attached hydrogens (tertiary/aromatic N) is 2. The van der Waals surface area contributed by atoms with Gasteiger partial charge in [0.25, 0.3) is 0 Å². The average Bonchev–Trinajstić information content (AvgIpc) is 2.98. The Morgan fingerprint density at radius 2 is 1.85 bits per heavy atom. The lowest BCUT2D eigenvalue weighted by atomic mass is 10.1. The highest BCUT2D eigenvalue weighted by atomic mass is 16.5. The second kappa shape index (κ2) is 7.91. The molecule has 0 spiro atoms. The van der Waals surface area contributed by atoms with Crippen molar-refractivity contribution in [3.8, 4) is 11.5 Å². The number of ether oxygens (including phenoxy) is 2. The van der Waals surface area contributed by atoms with Gasteiger partial charge in [0, 0.05) is 25.3 Å². The van der Waals surface area contributed by atoms with Crippen LogP contribution in [0, 0.1) is 6.92 Å². The molecular formula is C22H28N2O3. The number of likely N-dealkylation sites (N-methyl/N-ethyl adjacent to an activating group) is 1. The molecule has 3 rings (SSSR count). The van der Waals surface area contributed by atoms with Crippen LogP contribution in [0.4, 0.5) is 5.69 Å². The van der Waals surface area contributed by atoms with E-state index in [1.165, 1.54) is 11.3 Å². The van der Waals surface area contributed by atoms with Crippen LogP contribution in [-0.4, -0.2) is 44.7 Å². The van der Waals surface area contributed by atoms with E-state index >= 15 is 0 Å². The Labute approximate surface area is 161 Å². The third kappa shape index (κ3) is 3.87. The fourth-order valence-corrected chi connectivity index (χ4v) is 3.67. The minimum Gasteiger partial charge on any atom is -0.493 e. The molecule has 0 saturated heterocycles. The maximum Gasteiger partial charge on any atom is 0.242 e. The van der Waals surface area contributed by atoms with Crippen molar-refractivity contribution < 1.29 is 14.3 Å². The summed E-state index contributed by atoms with van der Waals surface area (Å²) in [5.74, 6) is 1.49. The zero-order chi connectivity index (χ0) is 19.6. The normalized spacial score (nSPS) is 15.4. The Balaban J connectivity index is 1.72. The predicted molar refractivity (Wildman–Crippen MR) is 108 cm³/mol. The molecule has 5 heteroatoms. The lowest BCUT2D eigenvalue weighted by Crippen LogP contribution is -2.40. The van der Waals surface area contributed by atoms with Crippen molar-refractivity contribution in [2.45, 2.75) is 32.9 Å². The lowest BCUT2D eigenvalue weighted by Gasteiger charge is -2.27. The van der Waals surface area contributed by atoms with Gasteiger partial charge in [0.1, 0.15) is 0 Å². The molecule has 1 amide bonds. The first-order chi connectivity index (χ1) is 12.9. The molecule has 5 nitrogen and oxygen atoms in total. The Morgan fingerprint density at radius 1 is 1.19 bits per heavy atom. The topological polar surface area (TPSA) is 42.0 Å². The Kier molecular flexibility index (Phi) is 5.59. The number of aryl methyl sites for hydroxylation is 1. The highest BCUT2D eigenvalue weighted by molar-refractivity contribution is 5.82. The molecule has 1 atom stereocenters. The molecule has 0 saturated carbocycles. The molecule has 144 valence electrons. The zero-order valence-electron chi connectivity index (χ0n) is 16.8. The number of hydrogen-bond acceptors (Lipinski definition) is 4. The van der Waals surface area contributed by atoms with Crippen LogP contribution < -0.4 is 14.4 Å². The highest BCUT2D eigenvalue weighted by Crippen LogP contribution is 2.32. The molecular weight excluding hydrogens is 340 g/mol. The van der Waals surface area contributed by atoms with Crippen LogP contribution in [0.1, 0.15) is 23.6 Å². The minimum absolute atomic E-state index is 0.104. The van der Waals surface area contributed by atoms with Gasteiger partial charge in [-0.1, -0.05) is 18.2 Å². The molecule has 1 aliphatic heterocycles. The Morgan fingerprint density at radius 3 is 2.56 bits per heavy atom. The first-order valence-electron chi connectivity index (χ1n) is 9.24.